The van der Waals surface area contributed by atoms with E-state index in [0.29, 0.717) is 0 Å². The van der Waals surface area contributed by atoms with E-state index < -0.39 is 0 Å². The van der Waals surface area contributed by atoms with Crippen LogP contribution >= 0.6 is 11.8 Å². The summed E-state index contributed by atoms with van der Waals surface area (Å²) in [6, 6.07) is 6.94. The van der Waals surface area contributed by atoms with Gasteiger partial charge >= 0.3 is 0 Å². The van der Waals surface area contributed by atoms with E-state index in [1.54, 1.807) is 5.56 Å². The molecule has 0 radical (unpaired) electrons. The Hall–Kier alpha value is -0.470. The van der Waals surface area contributed by atoms with E-state index in [9.17, 15) is 0 Å². The predicted octanol–water partition coefficient (Wildman–Crippen LogP) is 2.66. The molecule has 1 aliphatic heterocycles. The first kappa shape index (κ1) is 10.1. The Bertz CT molecular complexity index is 322. The minimum Gasteiger partial charge on any atom is -0.319 e. The largest absolute Gasteiger partial charge is 0.319 e. The van der Waals surface area contributed by atoms with E-state index >= 15 is 0 Å². The molecule has 0 saturated carbocycles. The maximum atomic E-state index is 3.19. The smallest absolute Gasteiger partial charge is 0.0107 e. The maximum absolute atomic E-state index is 3.19. The number of hydrogen-bond donors (Lipinski definition) is 1. The Kier molecular flexibility index (Phi) is 3.14. The molecule has 0 saturated heterocycles. The maximum Gasteiger partial charge on any atom is 0.0107 e. The van der Waals surface area contributed by atoms with Crippen molar-refractivity contribution in [2.45, 2.75) is 24.2 Å². The molecule has 1 heterocycles. The van der Waals surface area contributed by atoms with Gasteiger partial charge in [-0.2, -0.15) is 0 Å². The first-order valence-electron chi connectivity index (χ1n) is 5.21. The van der Waals surface area contributed by atoms with Crippen molar-refractivity contribution in [3.8, 4) is 0 Å². The molecule has 2 heteroatoms. The molecule has 0 spiro atoms. The summed E-state index contributed by atoms with van der Waals surface area (Å²) in [5.41, 5.74) is 3.02. The fourth-order valence-electron chi connectivity index (χ4n) is 1.84. The number of hydrogen-bond acceptors (Lipinski definition) is 2. The number of fused-ring (bicyclic) bond motifs is 1. The normalized spacial score (nSPS) is 19.7. The fraction of sp³-hybridized carbons (Fsp3) is 0.500. The summed E-state index contributed by atoms with van der Waals surface area (Å²) in [5, 5.41) is 3.19. The van der Waals surface area contributed by atoms with E-state index in [1.165, 1.54) is 16.2 Å². The van der Waals surface area contributed by atoms with Crippen molar-refractivity contribution in [3.05, 3.63) is 29.3 Å². The van der Waals surface area contributed by atoms with Gasteiger partial charge in [0.2, 0.25) is 0 Å². The zero-order valence-corrected chi connectivity index (χ0v) is 9.66. The third-order valence-electron chi connectivity index (χ3n) is 2.76. The summed E-state index contributed by atoms with van der Waals surface area (Å²) in [6.45, 7) is 3.39. The topological polar surface area (TPSA) is 12.0 Å². The monoisotopic (exact) mass is 207 g/mol. The number of thioether (sulfide) groups is 1. The highest BCUT2D eigenvalue weighted by Gasteiger charge is 2.18. The van der Waals surface area contributed by atoms with E-state index in [2.05, 4.69) is 30.4 Å². The van der Waals surface area contributed by atoms with Gasteiger partial charge in [0.25, 0.3) is 0 Å². The molecule has 1 atom stereocenters. The van der Waals surface area contributed by atoms with Crippen molar-refractivity contribution >= 4 is 11.8 Å². The summed E-state index contributed by atoms with van der Waals surface area (Å²) < 4.78 is 0. The second kappa shape index (κ2) is 4.37. The van der Waals surface area contributed by atoms with Crippen LogP contribution in [0.1, 0.15) is 24.0 Å². The molecule has 1 aromatic carbocycles. The van der Waals surface area contributed by atoms with E-state index in [-0.39, 0.29) is 0 Å². The Morgan fingerprint density at radius 1 is 1.50 bits per heavy atom. The predicted molar refractivity (Wildman–Crippen MR) is 63.2 cm³/mol. The second-order valence-electron chi connectivity index (χ2n) is 3.94. The van der Waals surface area contributed by atoms with Crippen molar-refractivity contribution in [1.29, 1.82) is 0 Å². The lowest BCUT2D eigenvalue weighted by Crippen LogP contribution is -2.10. The molecule has 1 nitrogen and oxygen atoms in total. The molecule has 1 aliphatic rings. The van der Waals surface area contributed by atoms with Crippen LogP contribution < -0.4 is 5.32 Å². The van der Waals surface area contributed by atoms with Crippen molar-refractivity contribution in [2.24, 2.45) is 0 Å². The molecule has 14 heavy (non-hydrogen) atoms. The highest BCUT2D eigenvalue weighted by atomic mass is 32.2. The summed E-state index contributed by atoms with van der Waals surface area (Å²) in [6.07, 6.45) is 1.14. The molecule has 0 bridgehead atoms. The number of likely N-dealkylation sites (N-methyl/N-ethyl adjacent to an activating group) is 1. The summed E-state index contributed by atoms with van der Waals surface area (Å²) in [5.74, 6) is 2.00. The lowest BCUT2D eigenvalue weighted by Gasteiger charge is -2.06. The van der Waals surface area contributed by atoms with E-state index in [4.69, 9.17) is 0 Å². The van der Waals surface area contributed by atoms with Gasteiger partial charge < -0.3 is 5.32 Å². The molecule has 0 fully saturated rings. The lowest BCUT2D eigenvalue weighted by atomic mass is 10.00. The molecule has 1 N–H and O–H groups in total. The summed E-state index contributed by atoms with van der Waals surface area (Å²) >= 11 is 1.99. The van der Waals surface area contributed by atoms with Gasteiger partial charge in [0.15, 0.2) is 0 Å². The molecule has 76 valence electrons. The number of nitrogens with one attached hydrogen (secondary N) is 1. The standard InChI is InChI=1S/C12H17NS/c1-9-8-14-12-4-3-10(5-6-13-2)7-11(9)12/h3-4,7,9,13H,5-6,8H2,1-2H3. The van der Waals surface area contributed by atoms with Gasteiger partial charge in [-0.25, -0.2) is 0 Å². The second-order valence-corrected chi connectivity index (χ2v) is 5.00. The van der Waals surface area contributed by atoms with Gasteiger partial charge in [-0.3, -0.25) is 0 Å². The Morgan fingerprint density at radius 2 is 2.36 bits per heavy atom. The SMILES string of the molecule is CNCCc1ccc2c(c1)C(C)CS2. The quantitative estimate of drug-likeness (QED) is 0.818. The van der Waals surface area contributed by atoms with Crippen LogP contribution in [-0.2, 0) is 6.42 Å². The van der Waals surface area contributed by atoms with Crippen LogP contribution in [0.4, 0.5) is 0 Å². The third-order valence-corrected chi connectivity index (χ3v) is 4.11. The van der Waals surface area contributed by atoms with Gasteiger partial charge in [0, 0.05) is 10.6 Å². The van der Waals surface area contributed by atoms with Gasteiger partial charge in [0.1, 0.15) is 0 Å². The van der Waals surface area contributed by atoms with Gasteiger partial charge in [-0.05, 0) is 43.1 Å². The molecule has 1 aromatic rings. The Morgan fingerprint density at radius 3 is 3.14 bits per heavy atom. The van der Waals surface area contributed by atoms with Crippen molar-refractivity contribution in [1.82, 2.24) is 5.32 Å². The summed E-state index contributed by atoms with van der Waals surface area (Å²) in [4.78, 5) is 1.49. The first-order chi connectivity index (χ1) is 6.81. The van der Waals surface area contributed by atoms with E-state index in [1.807, 2.05) is 18.8 Å². The molecule has 0 aliphatic carbocycles. The number of benzene rings is 1. The minimum atomic E-state index is 0.740. The highest BCUT2D eigenvalue weighted by molar-refractivity contribution is 7.99. The lowest BCUT2D eigenvalue weighted by molar-refractivity contribution is 0.787. The molecule has 2 rings (SSSR count). The average molecular weight is 207 g/mol. The van der Waals surface area contributed by atoms with Gasteiger partial charge in [0.05, 0.1) is 0 Å². The van der Waals surface area contributed by atoms with Crippen molar-refractivity contribution in [3.63, 3.8) is 0 Å². The highest BCUT2D eigenvalue weighted by Crippen LogP contribution is 2.39. The van der Waals surface area contributed by atoms with Gasteiger partial charge in [-0.15, -0.1) is 11.8 Å². The number of rotatable bonds is 3. The minimum absolute atomic E-state index is 0.740. The van der Waals surface area contributed by atoms with Crippen molar-refractivity contribution < 1.29 is 0 Å². The average Bonchev–Trinajstić information content (AvgIpc) is 2.57. The zero-order chi connectivity index (χ0) is 9.97. The van der Waals surface area contributed by atoms with Crippen molar-refractivity contribution in [2.75, 3.05) is 19.3 Å². The zero-order valence-electron chi connectivity index (χ0n) is 8.84. The van der Waals surface area contributed by atoms with Crippen LogP contribution in [0.3, 0.4) is 0 Å². The molecule has 1 unspecified atom stereocenters. The summed E-state index contributed by atoms with van der Waals surface area (Å²) in [7, 11) is 2.01. The van der Waals surface area contributed by atoms with Crippen LogP contribution in [0.5, 0.6) is 0 Å². The van der Waals surface area contributed by atoms with Crippen LogP contribution in [0, 0.1) is 0 Å². The van der Waals surface area contributed by atoms with Crippen LogP contribution in [0.15, 0.2) is 23.1 Å². The third kappa shape index (κ3) is 1.96. The van der Waals surface area contributed by atoms with E-state index in [0.717, 1.165) is 18.9 Å². The molecule has 0 amide bonds. The first-order valence-corrected chi connectivity index (χ1v) is 6.20. The Labute approximate surface area is 90.3 Å². The molecule has 0 aromatic heterocycles. The Balaban J connectivity index is 2.17. The van der Waals surface area contributed by atoms with Crippen LogP contribution in [-0.4, -0.2) is 19.3 Å². The molecular weight excluding hydrogens is 190 g/mol. The van der Waals surface area contributed by atoms with Gasteiger partial charge in [-0.1, -0.05) is 19.1 Å². The van der Waals surface area contributed by atoms with Crippen LogP contribution in [0.25, 0.3) is 0 Å². The van der Waals surface area contributed by atoms with Crippen LogP contribution in [0.2, 0.25) is 0 Å². The molecular formula is C12H17NS. The fourth-order valence-corrected chi connectivity index (χ4v) is 3.04.